The number of alkyl halides is 3. The minimum Gasteiger partial charge on any atom is -0.438 e. The van der Waals surface area contributed by atoms with Crippen molar-refractivity contribution in [1.29, 1.82) is 0 Å². The lowest BCUT2D eigenvalue weighted by molar-refractivity contribution is -0.137. The molecule has 10 heteroatoms. The summed E-state index contributed by atoms with van der Waals surface area (Å²) in [4.78, 5) is 16.5. The van der Waals surface area contributed by atoms with E-state index in [9.17, 15) is 18.0 Å². The summed E-state index contributed by atoms with van der Waals surface area (Å²) in [5, 5.41) is 10.6. The van der Waals surface area contributed by atoms with Gasteiger partial charge in [0.2, 0.25) is 5.88 Å². The Kier molecular flexibility index (Phi) is 5.59. The van der Waals surface area contributed by atoms with Crippen molar-refractivity contribution in [3.8, 4) is 17.4 Å². The van der Waals surface area contributed by atoms with E-state index in [1.807, 2.05) is 6.92 Å². The smallest absolute Gasteiger partial charge is 0.417 e. The van der Waals surface area contributed by atoms with Gasteiger partial charge in [-0.1, -0.05) is 12.1 Å². The van der Waals surface area contributed by atoms with E-state index in [1.165, 1.54) is 24.3 Å². The van der Waals surface area contributed by atoms with Crippen molar-refractivity contribution in [3.63, 3.8) is 0 Å². The average molecular weight is 439 g/mol. The molecule has 1 amide bonds. The van der Waals surface area contributed by atoms with E-state index in [2.05, 4.69) is 20.5 Å². The summed E-state index contributed by atoms with van der Waals surface area (Å²) in [6.45, 7) is 1.84. The number of hydrogen-bond acceptors (Lipinski definition) is 5. The maximum atomic E-state index is 13.1. The lowest BCUT2D eigenvalue weighted by atomic mass is 10.1. The molecule has 4 rings (SSSR count). The van der Waals surface area contributed by atoms with Crippen molar-refractivity contribution >= 4 is 11.6 Å². The molecule has 2 heterocycles. The highest BCUT2D eigenvalue weighted by Gasteiger charge is 2.34. The molecule has 2 aromatic heterocycles. The quantitative estimate of drug-likeness (QED) is 0.472. The Morgan fingerprint density at radius 3 is 2.38 bits per heavy atom. The van der Waals surface area contributed by atoms with Crippen molar-refractivity contribution in [2.45, 2.75) is 13.1 Å². The number of aryl methyl sites for hydroxylation is 1. The number of nitrogens with zero attached hydrogens (tertiary/aromatic N) is 4. The molecule has 0 bridgehead atoms. The van der Waals surface area contributed by atoms with Gasteiger partial charge in [-0.2, -0.15) is 13.2 Å². The average Bonchev–Trinajstić information content (AvgIpc) is 3.21. The summed E-state index contributed by atoms with van der Waals surface area (Å²) in [5.41, 5.74) is -1.13. The van der Waals surface area contributed by atoms with E-state index in [0.29, 0.717) is 17.3 Å². The number of amides is 1. The van der Waals surface area contributed by atoms with Gasteiger partial charge in [0, 0.05) is 24.1 Å². The number of halogens is 3. The highest BCUT2D eigenvalue weighted by molar-refractivity contribution is 6.05. The third-order valence-electron chi connectivity index (χ3n) is 4.51. The van der Waals surface area contributed by atoms with Gasteiger partial charge in [-0.05, 0) is 49.4 Å². The van der Waals surface area contributed by atoms with Gasteiger partial charge in [0.1, 0.15) is 11.6 Å². The Bertz CT molecular complexity index is 1240. The summed E-state index contributed by atoms with van der Waals surface area (Å²) < 4.78 is 46.8. The van der Waals surface area contributed by atoms with E-state index < -0.39 is 23.2 Å². The Labute approximate surface area is 180 Å². The summed E-state index contributed by atoms with van der Waals surface area (Å²) in [7, 11) is 0. The number of nitrogens with one attached hydrogen (secondary N) is 1. The van der Waals surface area contributed by atoms with Crippen molar-refractivity contribution < 1.29 is 22.7 Å². The molecule has 0 saturated heterocycles. The molecular formula is C22H16F3N5O2. The molecule has 1 N–H and O–H groups in total. The molecule has 0 aliphatic carbocycles. The normalized spacial score (nSPS) is 11.2. The van der Waals surface area contributed by atoms with Gasteiger partial charge in [-0.25, -0.2) is 4.98 Å². The third-order valence-corrected chi connectivity index (χ3v) is 4.51. The number of benzene rings is 2. The Morgan fingerprint density at radius 1 is 1.00 bits per heavy atom. The molecule has 0 aliphatic heterocycles. The van der Waals surface area contributed by atoms with Crippen LogP contribution in [0.5, 0.6) is 11.6 Å². The Hall–Kier alpha value is -4.21. The van der Waals surface area contributed by atoms with E-state index in [1.54, 1.807) is 41.2 Å². The van der Waals surface area contributed by atoms with Crippen LogP contribution >= 0.6 is 0 Å². The largest absolute Gasteiger partial charge is 0.438 e. The first-order valence-electron chi connectivity index (χ1n) is 9.41. The number of hydrogen-bond donors (Lipinski definition) is 1. The fraction of sp³-hybridized carbons (Fsp3) is 0.0909. The molecule has 2 aromatic carbocycles. The van der Waals surface area contributed by atoms with Gasteiger partial charge in [0.15, 0.2) is 5.82 Å². The van der Waals surface area contributed by atoms with E-state index in [-0.39, 0.29) is 5.88 Å². The molecule has 4 aromatic rings. The van der Waals surface area contributed by atoms with Crippen molar-refractivity contribution in [1.82, 2.24) is 19.7 Å². The van der Waals surface area contributed by atoms with Crippen LogP contribution in [-0.2, 0) is 6.18 Å². The number of anilines is 1. The predicted molar refractivity (Wildman–Crippen MR) is 110 cm³/mol. The highest BCUT2D eigenvalue weighted by Crippen LogP contribution is 2.32. The molecule has 0 radical (unpaired) electrons. The topological polar surface area (TPSA) is 81.9 Å². The number of imidazole rings is 1. The summed E-state index contributed by atoms with van der Waals surface area (Å²) in [6.07, 6.45) is -1.21. The van der Waals surface area contributed by atoms with E-state index in [0.717, 1.165) is 18.0 Å². The molecule has 7 nitrogen and oxygen atoms in total. The summed E-state index contributed by atoms with van der Waals surface area (Å²) in [6, 6.07) is 14.1. The van der Waals surface area contributed by atoms with Gasteiger partial charge < -0.3 is 10.1 Å². The van der Waals surface area contributed by atoms with Crippen LogP contribution in [0.1, 0.15) is 21.7 Å². The van der Waals surface area contributed by atoms with Crippen LogP contribution in [0.3, 0.4) is 0 Å². The van der Waals surface area contributed by atoms with E-state index >= 15 is 0 Å². The third kappa shape index (κ3) is 4.59. The molecule has 32 heavy (non-hydrogen) atoms. The second kappa shape index (κ2) is 8.50. The zero-order chi connectivity index (χ0) is 22.7. The standard InChI is InChI=1S/C22H16F3N5O2/c1-14-26-12-13-30(14)19-10-11-20(29-28-19)32-16-8-6-15(7-9-16)27-21(31)17-4-2-3-5-18(17)22(23,24)25/h2-13H,1H3,(H,27,31). The zero-order valence-corrected chi connectivity index (χ0v) is 16.7. The van der Waals surface area contributed by atoms with Crippen LogP contribution in [-0.4, -0.2) is 25.7 Å². The molecule has 0 spiro atoms. The van der Waals surface area contributed by atoms with Gasteiger partial charge in [-0.15, -0.1) is 10.2 Å². The van der Waals surface area contributed by atoms with Gasteiger partial charge in [0.05, 0.1) is 11.1 Å². The molecular weight excluding hydrogens is 423 g/mol. The van der Waals surface area contributed by atoms with Crippen LogP contribution < -0.4 is 10.1 Å². The Balaban J connectivity index is 1.43. The van der Waals surface area contributed by atoms with Gasteiger partial charge in [-0.3, -0.25) is 9.36 Å². The molecule has 0 saturated carbocycles. The number of aromatic nitrogens is 4. The zero-order valence-electron chi connectivity index (χ0n) is 16.7. The fourth-order valence-corrected chi connectivity index (χ4v) is 2.97. The number of carbonyl (C=O) groups excluding carboxylic acids is 1. The van der Waals surface area contributed by atoms with Crippen molar-refractivity contribution in [2.24, 2.45) is 0 Å². The first kappa shape index (κ1) is 21.0. The maximum Gasteiger partial charge on any atom is 0.417 e. The van der Waals surface area contributed by atoms with Crippen LogP contribution in [0.4, 0.5) is 18.9 Å². The first-order valence-corrected chi connectivity index (χ1v) is 9.41. The van der Waals surface area contributed by atoms with Crippen LogP contribution in [0.25, 0.3) is 5.82 Å². The van der Waals surface area contributed by atoms with Crippen LogP contribution in [0.2, 0.25) is 0 Å². The lowest BCUT2D eigenvalue weighted by Crippen LogP contribution is -2.18. The first-order chi connectivity index (χ1) is 15.3. The van der Waals surface area contributed by atoms with Gasteiger partial charge >= 0.3 is 6.18 Å². The van der Waals surface area contributed by atoms with Crippen molar-refractivity contribution in [3.05, 3.63) is 90.0 Å². The number of ether oxygens (including phenoxy) is 1. The minimum atomic E-state index is -4.63. The number of rotatable bonds is 5. The maximum absolute atomic E-state index is 13.1. The van der Waals surface area contributed by atoms with Crippen LogP contribution in [0, 0.1) is 6.92 Å². The lowest BCUT2D eigenvalue weighted by Gasteiger charge is -2.13. The SMILES string of the molecule is Cc1nccn1-c1ccc(Oc2ccc(NC(=O)c3ccccc3C(F)(F)F)cc2)nn1. The second-order valence-electron chi connectivity index (χ2n) is 6.70. The molecule has 0 fully saturated rings. The molecule has 0 aliphatic rings. The number of carbonyl (C=O) groups is 1. The highest BCUT2D eigenvalue weighted by atomic mass is 19.4. The van der Waals surface area contributed by atoms with E-state index in [4.69, 9.17) is 4.74 Å². The minimum absolute atomic E-state index is 0.252. The molecule has 162 valence electrons. The van der Waals surface area contributed by atoms with Crippen LogP contribution in [0.15, 0.2) is 73.1 Å². The fourth-order valence-electron chi connectivity index (χ4n) is 2.97. The predicted octanol–water partition coefficient (Wildman–Crippen LogP) is 5.03. The van der Waals surface area contributed by atoms with Gasteiger partial charge in [0.25, 0.3) is 5.91 Å². The van der Waals surface area contributed by atoms with Crippen molar-refractivity contribution in [2.75, 3.05) is 5.32 Å². The Morgan fingerprint density at radius 2 is 1.75 bits per heavy atom. The monoisotopic (exact) mass is 439 g/mol. The molecule has 0 atom stereocenters. The summed E-state index contributed by atoms with van der Waals surface area (Å²) in [5.74, 6) is 1.16. The molecule has 0 unspecified atom stereocenters. The second-order valence-corrected chi connectivity index (χ2v) is 6.70. The summed E-state index contributed by atoms with van der Waals surface area (Å²) >= 11 is 0.